The van der Waals surface area contributed by atoms with E-state index in [0.29, 0.717) is 4.90 Å². The van der Waals surface area contributed by atoms with Crippen molar-refractivity contribution in [1.82, 2.24) is 0 Å². The van der Waals surface area contributed by atoms with E-state index in [1.54, 1.807) is 12.1 Å². The molecule has 0 saturated heterocycles. The lowest BCUT2D eigenvalue weighted by Crippen LogP contribution is -1.82. The summed E-state index contributed by atoms with van der Waals surface area (Å²) in [6, 6.07) is 12.8. The molecular weight excluding hydrogens is 260 g/mol. The van der Waals surface area contributed by atoms with Gasteiger partial charge >= 0.3 is 0 Å². The van der Waals surface area contributed by atoms with E-state index in [0.717, 1.165) is 11.1 Å². The molecule has 0 aliphatic carbocycles. The summed E-state index contributed by atoms with van der Waals surface area (Å²) in [5.41, 5.74) is 2.17. The molecule has 0 aliphatic heterocycles. The molecule has 2 rings (SSSR count). The molecule has 0 spiro atoms. The van der Waals surface area contributed by atoms with Crippen LogP contribution in [0.3, 0.4) is 0 Å². The van der Waals surface area contributed by atoms with Crippen LogP contribution in [0.1, 0.15) is 0 Å². The third-order valence-corrected chi connectivity index (χ3v) is 2.99. The molecule has 2 aromatic rings. The van der Waals surface area contributed by atoms with Crippen molar-refractivity contribution in [3.63, 3.8) is 0 Å². The predicted molar refractivity (Wildman–Crippen MR) is 74.7 cm³/mol. The van der Waals surface area contributed by atoms with Gasteiger partial charge in [-0.3, -0.25) is 0 Å². The lowest BCUT2D eigenvalue weighted by molar-refractivity contribution is 0.564. The van der Waals surface area contributed by atoms with Crippen molar-refractivity contribution in [2.75, 3.05) is 0 Å². The average Bonchev–Trinajstić information content (AvgIpc) is 2.44. The number of nitrogens with zero attached hydrogens (tertiary/aromatic N) is 2. The van der Waals surface area contributed by atoms with Gasteiger partial charge < -0.3 is 0 Å². The zero-order chi connectivity index (χ0) is 13.7. The van der Waals surface area contributed by atoms with Crippen LogP contribution >= 0.6 is 12.6 Å². The first kappa shape index (κ1) is 13.0. The Morgan fingerprint density at radius 2 is 1.58 bits per heavy atom. The van der Waals surface area contributed by atoms with E-state index < -0.39 is 0 Å². The zero-order valence-electron chi connectivity index (χ0n) is 9.70. The van der Waals surface area contributed by atoms with E-state index in [1.807, 2.05) is 30.3 Å². The molecule has 0 radical (unpaired) electrons. The van der Waals surface area contributed by atoms with E-state index in [-0.39, 0.29) is 11.4 Å². The number of hydrogen-bond donors (Lipinski definition) is 1. The molecule has 5 heteroatoms. The quantitative estimate of drug-likeness (QED) is 0.525. The van der Waals surface area contributed by atoms with Crippen LogP contribution in [0.15, 0.2) is 57.3 Å². The first-order valence-electron chi connectivity index (χ1n) is 5.35. The number of aliphatic imine (C=N–C) groups is 2. The molecular formula is C14H8N2O2S. The van der Waals surface area contributed by atoms with Gasteiger partial charge in [-0.25, -0.2) is 9.59 Å². The molecule has 0 aliphatic rings. The minimum atomic E-state index is 0.211. The summed E-state index contributed by atoms with van der Waals surface area (Å²) in [4.78, 5) is 28.3. The molecule has 92 valence electrons. The molecule has 19 heavy (non-hydrogen) atoms. The molecule has 0 unspecified atom stereocenters. The summed E-state index contributed by atoms with van der Waals surface area (Å²) in [5.74, 6) is 0. The summed E-state index contributed by atoms with van der Waals surface area (Å²) in [7, 11) is 0. The van der Waals surface area contributed by atoms with Crippen LogP contribution in [0.2, 0.25) is 0 Å². The molecule has 0 atom stereocenters. The molecule has 0 fully saturated rings. The molecule has 0 amide bonds. The third-order valence-electron chi connectivity index (χ3n) is 2.54. The van der Waals surface area contributed by atoms with Crippen molar-refractivity contribution in [3.05, 3.63) is 42.5 Å². The van der Waals surface area contributed by atoms with Crippen LogP contribution in [-0.2, 0) is 9.59 Å². The van der Waals surface area contributed by atoms with Gasteiger partial charge in [0.2, 0.25) is 12.2 Å². The van der Waals surface area contributed by atoms with Gasteiger partial charge in [0.25, 0.3) is 0 Å². The number of isocyanates is 2. The topological polar surface area (TPSA) is 58.9 Å². The zero-order valence-corrected chi connectivity index (χ0v) is 10.6. The van der Waals surface area contributed by atoms with Crippen molar-refractivity contribution in [1.29, 1.82) is 0 Å². The van der Waals surface area contributed by atoms with Crippen LogP contribution < -0.4 is 0 Å². The maximum atomic E-state index is 10.5. The highest BCUT2D eigenvalue weighted by molar-refractivity contribution is 7.80. The van der Waals surface area contributed by atoms with E-state index in [9.17, 15) is 9.59 Å². The fourth-order valence-electron chi connectivity index (χ4n) is 1.71. The molecule has 4 nitrogen and oxygen atoms in total. The van der Waals surface area contributed by atoms with Crippen molar-refractivity contribution in [3.8, 4) is 11.1 Å². The summed E-state index contributed by atoms with van der Waals surface area (Å²) >= 11 is 4.36. The number of rotatable bonds is 3. The summed E-state index contributed by atoms with van der Waals surface area (Å²) in [5, 5.41) is 0. The summed E-state index contributed by atoms with van der Waals surface area (Å²) in [6.45, 7) is 0. The maximum absolute atomic E-state index is 10.5. The van der Waals surface area contributed by atoms with Crippen LogP contribution in [0.4, 0.5) is 11.4 Å². The highest BCUT2D eigenvalue weighted by Crippen LogP contribution is 2.40. The van der Waals surface area contributed by atoms with Gasteiger partial charge in [0.15, 0.2) is 0 Å². The normalized spacial score (nSPS) is 9.32. The number of hydrogen-bond acceptors (Lipinski definition) is 5. The lowest BCUT2D eigenvalue weighted by atomic mass is 10.0. The van der Waals surface area contributed by atoms with E-state index >= 15 is 0 Å². The molecule has 0 heterocycles. The smallest absolute Gasteiger partial charge is 0.211 e. The Kier molecular flexibility index (Phi) is 4.06. The third kappa shape index (κ3) is 2.69. The molecule has 0 aromatic heterocycles. The molecule has 2 aromatic carbocycles. The van der Waals surface area contributed by atoms with Crippen LogP contribution in [0, 0.1) is 0 Å². The first-order chi connectivity index (χ1) is 9.27. The summed E-state index contributed by atoms with van der Waals surface area (Å²) < 4.78 is 0. The van der Waals surface area contributed by atoms with Crippen molar-refractivity contribution in [2.45, 2.75) is 4.90 Å². The highest BCUT2D eigenvalue weighted by Gasteiger charge is 2.11. The first-order valence-corrected chi connectivity index (χ1v) is 5.79. The monoisotopic (exact) mass is 268 g/mol. The fraction of sp³-hybridized carbons (Fsp3) is 0. The van der Waals surface area contributed by atoms with Gasteiger partial charge in [0.1, 0.15) is 11.4 Å². The minimum absolute atomic E-state index is 0.211. The predicted octanol–water partition coefficient (Wildman–Crippen LogP) is 3.58. The van der Waals surface area contributed by atoms with Crippen LogP contribution in [-0.4, -0.2) is 12.2 Å². The van der Waals surface area contributed by atoms with E-state index in [2.05, 4.69) is 22.6 Å². The molecule has 0 saturated carbocycles. The Hall–Kier alpha value is -2.45. The standard InChI is InChI=1S/C14H8N2O2S/c17-8-15-12-7-6-11(10-4-2-1-3-5-10)14(19)13(12)16-9-18/h1-7,19H. The van der Waals surface area contributed by atoms with Crippen molar-refractivity contribution < 1.29 is 9.59 Å². The number of carbonyl (C=O) groups excluding carboxylic acids is 2. The fourth-order valence-corrected chi connectivity index (χ4v) is 2.08. The molecule has 0 bridgehead atoms. The SMILES string of the molecule is O=C=Nc1ccc(-c2ccccc2)c(S)c1N=C=O. The Morgan fingerprint density at radius 1 is 0.895 bits per heavy atom. The van der Waals surface area contributed by atoms with Gasteiger partial charge in [0.05, 0.1) is 0 Å². The van der Waals surface area contributed by atoms with Gasteiger partial charge in [-0.2, -0.15) is 9.98 Å². The minimum Gasteiger partial charge on any atom is -0.211 e. The Bertz CT molecular complexity index is 701. The Labute approximate surface area is 114 Å². The van der Waals surface area contributed by atoms with Gasteiger partial charge in [-0.1, -0.05) is 36.4 Å². The molecule has 0 N–H and O–H groups in total. The maximum Gasteiger partial charge on any atom is 0.240 e. The second-order valence-electron chi connectivity index (χ2n) is 3.60. The average molecular weight is 268 g/mol. The second kappa shape index (κ2) is 5.94. The second-order valence-corrected chi connectivity index (χ2v) is 4.05. The van der Waals surface area contributed by atoms with E-state index in [1.165, 1.54) is 12.2 Å². The Balaban J connectivity index is 2.70. The van der Waals surface area contributed by atoms with Crippen molar-refractivity contribution in [2.24, 2.45) is 9.98 Å². The Morgan fingerprint density at radius 3 is 2.21 bits per heavy atom. The summed E-state index contributed by atoms with van der Waals surface area (Å²) in [6.07, 6.45) is 2.86. The van der Waals surface area contributed by atoms with Gasteiger partial charge in [-0.05, 0) is 17.2 Å². The lowest BCUT2D eigenvalue weighted by Gasteiger charge is -2.08. The van der Waals surface area contributed by atoms with Crippen molar-refractivity contribution >= 4 is 36.2 Å². The van der Waals surface area contributed by atoms with E-state index in [4.69, 9.17) is 0 Å². The van der Waals surface area contributed by atoms with Gasteiger partial charge in [0, 0.05) is 4.90 Å². The van der Waals surface area contributed by atoms with Crippen LogP contribution in [0.25, 0.3) is 11.1 Å². The van der Waals surface area contributed by atoms with Crippen LogP contribution in [0.5, 0.6) is 0 Å². The highest BCUT2D eigenvalue weighted by atomic mass is 32.1. The van der Waals surface area contributed by atoms with Gasteiger partial charge in [-0.15, -0.1) is 12.6 Å². The number of thiol groups is 1. The number of benzene rings is 2. The largest absolute Gasteiger partial charge is 0.240 e.